The molecular weight excluding hydrogens is 822 g/mol. The zero-order valence-corrected chi connectivity index (χ0v) is 48.2. The van der Waals surface area contributed by atoms with Crippen molar-refractivity contribution in [2.24, 2.45) is 10.2 Å². The number of rotatable bonds is 7. The second-order valence-electron chi connectivity index (χ2n) is 9.16. The minimum absolute atomic E-state index is 0. The molecule has 0 radical (unpaired) electrons. The molecule has 1 amide bonds. The molecule has 14 nitrogen and oxygen atoms in total. The van der Waals surface area contributed by atoms with Gasteiger partial charge in [-0.3, -0.25) is 4.79 Å². The van der Waals surface area contributed by atoms with Crippen LogP contribution in [0.1, 0.15) is 10.4 Å². The maximum absolute atomic E-state index is 12.9. The molecule has 5 aromatic carbocycles. The van der Waals surface area contributed by atoms with Crippen molar-refractivity contribution in [3.8, 4) is 5.75 Å². The van der Waals surface area contributed by atoms with Crippen LogP contribution in [-0.2, 0) is 30.4 Å². The molecule has 226 valence electrons. The summed E-state index contributed by atoms with van der Waals surface area (Å²) in [6.45, 7) is 0. The molecule has 2 N–H and O–H groups in total. The van der Waals surface area contributed by atoms with Crippen LogP contribution in [0.25, 0.3) is 21.5 Å². The molecule has 5 aromatic rings. The molecule has 25 heteroatoms. The van der Waals surface area contributed by atoms with Crippen LogP contribution in [-0.4, -0.2) is 49.9 Å². The van der Waals surface area contributed by atoms with E-state index < -0.39 is 84.5 Å². The third-order valence-corrected chi connectivity index (χ3v) is 8.92. The van der Waals surface area contributed by atoms with Gasteiger partial charge in [0.05, 0.1) is 20.4 Å². The predicted molar refractivity (Wildman–Crippen MR) is 152 cm³/mol. The van der Waals surface area contributed by atoms with E-state index >= 15 is 0 Å². The molecule has 0 saturated heterocycles. The predicted octanol–water partition coefficient (Wildman–Crippen LogP) is -19.9. The van der Waals surface area contributed by atoms with Crippen LogP contribution in [0.4, 0.5) is 17.1 Å². The van der Waals surface area contributed by atoms with E-state index in [0.29, 0.717) is 23.6 Å². The number of hydrogen-bond donors (Lipinski definition) is 2. The van der Waals surface area contributed by atoms with Crippen molar-refractivity contribution in [1.82, 2.24) is 0 Å². The number of hydrogen-bond acceptors (Lipinski definition) is 13. The number of azo groups is 1. The normalized spacial score (nSPS) is 10.7. The average Bonchev–Trinajstić information content (AvgIpc) is 2.94. The molecule has 0 aliphatic heterocycles. The molecule has 0 unspecified atom stereocenters. The Morgan fingerprint density at radius 2 is 1.17 bits per heavy atom. The van der Waals surface area contributed by atoms with Crippen molar-refractivity contribution in [1.29, 1.82) is 0 Å². The molecule has 0 heterocycles. The molecule has 52 heavy (non-hydrogen) atoms. The molecule has 0 bridgehead atoms. The number of aromatic hydroxyl groups is 1. The van der Waals surface area contributed by atoms with E-state index in [1.165, 1.54) is 48.5 Å². The first-order chi connectivity index (χ1) is 20.6. The summed E-state index contributed by atoms with van der Waals surface area (Å²) in [6, 6.07) is 17.8. The van der Waals surface area contributed by atoms with E-state index in [9.17, 15) is 48.8 Å². The molecule has 0 aliphatic rings. The number of phenols is 1. The SMILES string of the molecule is O=C(Nc1cc(S(=O)(=O)[O-])cc2cc(S(=O)(=O)[O-])c(N=Nc3ccc4ccccc4c3S(=O)(=O)[O-])c(O)c12)c1ccccc1.[Na+].[Na+].[Na+].[Na+].[Na+].[Na+].[Na+].[Na+]. The maximum atomic E-state index is 12.9. The van der Waals surface area contributed by atoms with Crippen LogP contribution in [0.5, 0.6) is 5.75 Å². The summed E-state index contributed by atoms with van der Waals surface area (Å²) in [5, 5.41) is 20.3. The second kappa shape index (κ2) is 25.8. The molecule has 0 aromatic heterocycles. The van der Waals surface area contributed by atoms with Gasteiger partial charge in [0, 0.05) is 16.3 Å². The number of carbonyl (C=O) groups excluding carboxylic acids is 1. The van der Waals surface area contributed by atoms with Gasteiger partial charge >= 0.3 is 236 Å². The largest absolute Gasteiger partial charge is 1.00 e. The molecule has 0 spiro atoms. The summed E-state index contributed by atoms with van der Waals surface area (Å²) in [5.41, 5.74) is -1.99. The molecule has 0 aliphatic carbocycles. The van der Waals surface area contributed by atoms with Gasteiger partial charge in [-0.2, -0.15) is 0 Å². The van der Waals surface area contributed by atoms with Crippen LogP contribution >= 0.6 is 0 Å². The van der Waals surface area contributed by atoms with Gasteiger partial charge in [0.2, 0.25) is 0 Å². The van der Waals surface area contributed by atoms with Crippen LogP contribution in [0.2, 0.25) is 0 Å². The minimum atomic E-state index is -5.51. The van der Waals surface area contributed by atoms with Gasteiger partial charge < -0.3 is 24.1 Å². The molecule has 5 rings (SSSR count). The van der Waals surface area contributed by atoms with Gasteiger partial charge in [-0.1, -0.05) is 48.5 Å². The fourth-order valence-corrected chi connectivity index (χ4v) is 6.45. The van der Waals surface area contributed by atoms with Crippen LogP contribution in [0.15, 0.2) is 110 Å². The summed E-state index contributed by atoms with van der Waals surface area (Å²) >= 11 is 0. The first-order valence-electron chi connectivity index (χ1n) is 12.1. The number of fused-ring (bicyclic) bond motifs is 2. The third kappa shape index (κ3) is 15.0. The zero-order valence-electron chi connectivity index (χ0n) is 29.7. The van der Waals surface area contributed by atoms with Gasteiger partial charge in [0.1, 0.15) is 41.7 Å². The van der Waals surface area contributed by atoms with Crippen LogP contribution in [0.3, 0.4) is 0 Å². The zero-order chi connectivity index (χ0) is 32.0. The Morgan fingerprint density at radius 3 is 1.71 bits per heavy atom. The fourth-order valence-electron chi connectivity index (χ4n) is 4.45. The number of benzene rings is 5. The Hall–Kier alpha value is 3.22. The van der Waals surface area contributed by atoms with Gasteiger partial charge in [-0.05, 0) is 47.2 Å². The summed E-state index contributed by atoms with van der Waals surface area (Å²) in [6.07, 6.45) is 0. The number of carbonyl (C=O) groups is 1. The van der Waals surface area contributed by atoms with Crippen LogP contribution in [0, 0.1) is 0 Å². The van der Waals surface area contributed by atoms with Gasteiger partial charge in [0.25, 0.3) is 5.91 Å². The number of phenolic OH excluding ortho intramolecular Hbond substituents is 1. The Kier molecular flexibility index (Phi) is 30.6. The van der Waals surface area contributed by atoms with E-state index in [0.717, 1.165) is 6.07 Å². The van der Waals surface area contributed by atoms with Crippen LogP contribution < -0.4 is 242 Å². The van der Waals surface area contributed by atoms with Crippen molar-refractivity contribution in [3.05, 3.63) is 90.5 Å². The van der Waals surface area contributed by atoms with Gasteiger partial charge in [-0.25, -0.2) is 25.3 Å². The number of anilines is 1. The number of nitrogens with one attached hydrogen (secondary N) is 1. The van der Waals surface area contributed by atoms with E-state index in [4.69, 9.17) is 0 Å². The maximum Gasteiger partial charge on any atom is 1.00 e. The summed E-state index contributed by atoms with van der Waals surface area (Å²) in [4.78, 5) is 9.91. The summed E-state index contributed by atoms with van der Waals surface area (Å²) in [7, 11) is -15.9. The number of amides is 1. The summed E-state index contributed by atoms with van der Waals surface area (Å²) in [5.74, 6) is -1.93. The quantitative estimate of drug-likeness (QED) is 0.0886. The minimum Gasteiger partial charge on any atom is -0.744 e. The topological polar surface area (TPSA) is 246 Å². The average molecular weight is 839 g/mol. The van der Waals surface area contributed by atoms with E-state index in [2.05, 4.69) is 15.5 Å². The molecule has 0 fully saturated rings. The van der Waals surface area contributed by atoms with Crippen molar-refractivity contribution >= 4 is 74.9 Å². The van der Waals surface area contributed by atoms with E-state index in [-0.39, 0.29) is 247 Å². The first-order valence-corrected chi connectivity index (χ1v) is 16.3. The molecule has 0 saturated carbocycles. The van der Waals surface area contributed by atoms with Crippen molar-refractivity contribution in [3.63, 3.8) is 0 Å². The Bertz CT molecular complexity index is 2390. The van der Waals surface area contributed by atoms with Crippen molar-refractivity contribution in [2.75, 3.05) is 5.32 Å². The molecular formula is C27H16N3Na8O11S3+5. The fraction of sp³-hybridized carbons (Fsp3) is 0. The monoisotopic (exact) mass is 838 g/mol. The summed E-state index contributed by atoms with van der Waals surface area (Å²) < 4.78 is 109. The molecule has 0 atom stereocenters. The van der Waals surface area contributed by atoms with Crippen molar-refractivity contribution in [2.45, 2.75) is 14.7 Å². The first kappa shape index (κ1) is 61.9. The van der Waals surface area contributed by atoms with Gasteiger partial charge in [-0.15, -0.1) is 10.2 Å². The second-order valence-corrected chi connectivity index (χ2v) is 13.2. The van der Waals surface area contributed by atoms with Gasteiger partial charge in [0.15, 0.2) is 5.75 Å². The Labute approximate surface area is 476 Å². The Balaban J connectivity index is -0.00000144. The van der Waals surface area contributed by atoms with Crippen molar-refractivity contribution < 1.29 is 285 Å². The Morgan fingerprint density at radius 1 is 0.615 bits per heavy atom. The van der Waals surface area contributed by atoms with E-state index in [1.54, 1.807) is 12.1 Å². The standard InChI is InChI=1S/C27H19N3O11S3.8Na/c31-25-23-17(12-18(42(33,34)35)14-21(23)28-27(32)16-7-2-1-3-8-16)13-22(43(36,37)38)24(25)30-29-20-11-10-15-6-4-5-9-19(15)26(20)44(39,40)41;;;;;;;;/h1-14,31H,(H,28,32)(H,33,34,35)(H,36,37,38)(H,39,40,41);;;;;;;;/q;8*+1/p-3. The third-order valence-electron chi connectivity index (χ3n) is 6.33. The van der Waals surface area contributed by atoms with E-state index in [1.807, 2.05) is 0 Å². The smallest absolute Gasteiger partial charge is 0.744 e. The number of nitrogens with zero attached hydrogens (tertiary/aromatic N) is 2.